The Morgan fingerprint density at radius 3 is 2.58 bits per heavy atom. The standard InChI is InChI=1S/C9H13IN2/c1-4-8(6-11)5-7(2)9(10)12-3/h4,6,11H,2,5H2,1,3H3/b8-4-,11-6?,12-9+. The smallest absolute Gasteiger partial charge is 0.0979 e. The summed E-state index contributed by atoms with van der Waals surface area (Å²) in [6.45, 7) is 5.80. The molecule has 0 radical (unpaired) electrons. The van der Waals surface area contributed by atoms with Crippen LogP contribution in [0.4, 0.5) is 0 Å². The molecule has 0 aromatic rings. The molecule has 0 aromatic carbocycles. The topological polar surface area (TPSA) is 36.2 Å². The predicted molar refractivity (Wildman–Crippen MR) is 63.7 cm³/mol. The zero-order valence-electron chi connectivity index (χ0n) is 7.39. The van der Waals surface area contributed by atoms with Crippen LogP contribution >= 0.6 is 22.6 Å². The van der Waals surface area contributed by atoms with E-state index in [1.165, 1.54) is 6.21 Å². The van der Waals surface area contributed by atoms with Crippen LogP contribution in [0.5, 0.6) is 0 Å². The normalized spacial score (nSPS) is 12.9. The second kappa shape index (κ2) is 6.11. The van der Waals surface area contributed by atoms with Gasteiger partial charge in [0.15, 0.2) is 0 Å². The van der Waals surface area contributed by atoms with E-state index in [-0.39, 0.29) is 0 Å². The monoisotopic (exact) mass is 276 g/mol. The maximum Gasteiger partial charge on any atom is 0.0979 e. The molecular weight excluding hydrogens is 263 g/mol. The third-order valence-electron chi connectivity index (χ3n) is 1.46. The lowest BCUT2D eigenvalue weighted by molar-refractivity contribution is 1.26. The van der Waals surface area contributed by atoms with E-state index in [1.54, 1.807) is 7.05 Å². The van der Waals surface area contributed by atoms with Crippen molar-refractivity contribution in [2.24, 2.45) is 4.99 Å². The zero-order valence-corrected chi connectivity index (χ0v) is 9.55. The summed E-state index contributed by atoms with van der Waals surface area (Å²) in [5, 5.41) is 7.07. The van der Waals surface area contributed by atoms with Crippen molar-refractivity contribution in [2.45, 2.75) is 13.3 Å². The fourth-order valence-electron chi connectivity index (χ4n) is 0.714. The van der Waals surface area contributed by atoms with E-state index in [9.17, 15) is 0 Å². The van der Waals surface area contributed by atoms with Gasteiger partial charge < -0.3 is 5.41 Å². The van der Waals surface area contributed by atoms with Gasteiger partial charge in [-0.3, -0.25) is 4.99 Å². The van der Waals surface area contributed by atoms with Crippen LogP contribution in [0, 0.1) is 5.41 Å². The first-order valence-corrected chi connectivity index (χ1v) is 4.69. The molecule has 0 bridgehead atoms. The molecule has 0 heterocycles. The van der Waals surface area contributed by atoms with Gasteiger partial charge in [0.05, 0.1) is 3.72 Å². The minimum absolute atomic E-state index is 0.718. The zero-order chi connectivity index (χ0) is 9.56. The second-order valence-corrected chi connectivity index (χ2v) is 3.32. The lowest BCUT2D eigenvalue weighted by Crippen LogP contribution is -1.94. The summed E-state index contributed by atoms with van der Waals surface area (Å²) < 4.78 is 0.925. The number of nitrogens with zero attached hydrogens (tertiary/aromatic N) is 1. The van der Waals surface area contributed by atoms with Crippen LogP contribution in [0.2, 0.25) is 0 Å². The summed E-state index contributed by atoms with van der Waals surface area (Å²) in [5.74, 6) is 0. The molecule has 3 heteroatoms. The Labute approximate surface area is 87.1 Å². The minimum Gasteiger partial charge on any atom is -0.308 e. The van der Waals surface area contributed by atoms with Crippen molar-refractivity contribution in [3.8, 4) is 0 Å². The number of hydrogen-bond donors (Lipinski definition) is 1. The van der Waals surface area contributed by atoms with Gasteiger partial charge in [0.2, 0.25) is 0 Å². The van der Waals surface area contributed by atoms with Crippen LogP contribution in [0.1, 0.15) is 13.3 Å². The predicted octanol–water partition coefficient (Wildman–Crippen LogP) is 2.99. The summed E-state index contributed by atoms with van der Waals surface area (Å²) in [7, 11) is 1.74. The molecule has 0 atom stereocenters. The molecule has 0 amide bonds. The first-order valence-electron chi connectivity index (χ1n) is 3.61. The van der Waals surface area contributed by atoms with Crippen LogP contribution in [0.15, 0.2) is 28.8 Å². The fraction of sp³-hybridized carbons (Fsp3) is 0.333. The van der Waals surface area contributed by atoms with Gasteiger partial charge in [-0.1, -0.05) is 12.7 Å². The van der Waals surface area contributed by atoms with Crippen LogP contribution < -0.4 is 0 Å². The van der Waals surface area contributed by atoms with E-state index in [2.05, 4.69) is 34.2 Å². The van der Waals surface area contributed by atoms with Gasteiger partial charge in [0.1, 0.15) is 0 Å². The van der Waals surface area contributed by atoms with Gasteiger partial charge in [-0.25, -0.2) is 0 Å². The molecule has 0 unspecified atom stereocenters. The maximum absolute atomic E-state index is 7.07. The largest absolute Gasteiger partial charge is 0.308 e. The summed E-state index contributed by atoms with van der Waals surface area (Å²) in [6.07, 6.45) is 3.98. The first-order chi connectivity index (χ1) is 5.65. The molecule has 0 aromatic heterocycles. The van der Waals surface area contributed by atoms with E-state index < -0.39 is 0 Å². The van der Waals surface area contributed by atoms with E-state index >= 15 is 0 Å². The molecule has 0 saturated carbocycles. The summed E-state index contributed by atoms with van der Waals surface area (Å²) in [6, 6.07) is 0. The van der Waals surface area contributed by atoms with Gasteiger partial charge in [-0.15, -0.1) is 0 Å². The van der Waals surface area contributed by atoms with Crippen molar-refractivity contribution < 1.29 is 0 Å². The number of hydrogen-bond acceptors (Lipinski definition) is 2. The van der Waals surface area contributed by atoms with Crippen molar-refractivity contribution in [3.63, 3.8) is 0 Å². The Morgan fingerprint density at radius 1 is 1.67 bits per heavy atom. The van der Waals surface area contributed by atoms with Crippen molar-refractivity contribution in [1.82, 2.24) is 0 Å². The number of allylic oxidation sites excluding steroid dienone is 3. The quantitative estimate of drug-likeness (QED) is 0.605. The molecule has 0 rings (SSSR count). The SMILES string of the molecule is C=C(C/C(C=N)=C/C)/C(I)=N\C. The Kier molecular flexibility index (Phi) is 5.88. The molecule has 0 aliphatic carbocycles. The molecule has 12 heavy (non-hydrogen) atoms. The Hall–Kier alpha value is -0.450. The lowest BCUT2D eigenvalue weighted by Gasteiger charge is -2.02. The van der Waals surface area contributed by atoms with Crippen LogP contribution in [-0.4, -0.2) is 17.0 Å². The lowest BCUT2D eigenvalue weighted by atomic mass is 10.1. The minimum atomic E-state index is 0.718. The number of rotatable bonds is 4. The van der Waals surface area contributed by atoms with E-state index in [0.717, 1.165) is 21.3 Å². The van der Waals surface area contributed by atoms with Crippen molar-refractivity contribution >= 4 is 32.5 Å². The number of nitrogens with one attached hydrogen (secondary N) is 1. The van der Waals surface area contributed by atoms with E-state index in [0.29, 0.717) is 0 Å². The van der Waals surface area contributed by atoms with Gasteiger partial charge >= 0.3 is 0 Å². The van der Waals surface area contributed by atoms with Gasteiger partial charge in [-0.2, -0.15) is 0 Å². The highest BCUT2D eigenvalue weighted by atomic mass is 127. The van der Waals surface area contributed by atoms with E-state index in [1.807, 2.05) is 13.0 Å². The molecule has 0 spiro atoms. The maximum atomic E-state index is 7.07. The van der Waals surface area contributed by atoms with Gasteiger partial charge in [0, 0.05) is 19.7 Å². The number of halogens is 1. The molecule has 0 fully saturated rings. The average Bonchev–Trinajstić information content (AvgIpc) is 2.12. The van der Waals surface area contributed by atoms with Gasteiger partial charge in [-0.05, 0) is 40.7 Å². The molecular formula is C9H13IN2. The molecule has 1 N–H and O–H groups in total. The summed E-state index contributed by atoms with van der Waals surface area (Å²) in [4.78, 5) is 4.01. The third kappa shape index (κ3) is 3.80. The van der Waals surface area contributed by atoms with E-state index in [4.69, 9.17) is 5.41 Å². The average molecular weight is 276 g/mol. The Bertz CT molecular complexity index is 239. The molecule has 0 saturated heterocycles. The summed E-state index contributed by atoms with van der Waals surface area (Å²) >= 11 is 2.15. The third-order valence-corrected chi connectivity index (χ3v) is 2.71. The van der Waals surface area contributed by atoms with Crippen LogP contribution in [-0.2, 0) is 0 Å². The highest BCUT2D eigenvalue weighted by Gasteiger charge is 2.00. The van der Waals surface area contributed by atoms with Crippen LogP contribution in [0.25, 0.3) is 0 Å². The summed E-state index contributed by atoms with van der Waals surface area (Å²) in [5.41, 5.74) is 1.94. The van der Waals surface area contributed by atoms with Crippen LogP contribution in [0.3, 0.4) is 0 Å². The highest BCUT2D eigenvalue weighted by molar-refractivity contribution is 14.1. The molecule has 0 aliphatic heterocycles. The van der Waals surface area contributed by atoms with Crippen molar-refractivity contribution in [2.75, 3.05) is 7.05 Å². The number of aliphatic imine (C=N–C) groups is 1. The highest BCUT2D eigenvalue weighted by Crippen LogP contribution is 2.12. The van der Waals surface area contributed by atoms with Crippen molar-refractivity contribution in [1.29, 1.82) is 5.41 Å². The molecule has 0 aliphatic rings. The fourth-order valence-corrected chi connectivity index (χ4v) is 0.905. The Morgan fingerprint density at radius 2 is 2.25 bits per heavy atom. The van der Waals surface area contributed by atoms with Crippen molar-refractivity contribution in [3.05, 3.63) is 23.8 Å². The van der Waals surface area contributed by atoms with Gasteiger partial charge in [0.25, 0.3) is 0 Å². The Balaban J connectivity index is 4.28. The second-order valence-electron chi connectivity index (χ2n) is 2.30. The molecule has 66 valence electrons. The molecule has 2 nitrogen and oxygen atoms in total. The first kappa shape index (κ1) is 11.6.